The number of hydrogen-bond donors (Lipinski definition) is 1. The maximum atomic E-state index is 12.1. The lowest BCUT2D eigenvalue weighted by atomic mass is 10.1. The minimum absolute atomic E-state index is 0.0975. The minimum atomic E-state index is 0.0975. The molecule has 0 radical (unpaired) electrons. The molecule has 0 aliphatic heterocycles. The summed E-state index contributed by atoms with van der Waals surface area (Å²) >= 11 is 0. The Kier molecular flexibility index (Phi) is 5.09. The van der Waals surface area contributed by atoms with Gasteiger partial charge in [-0.3, -0.25) is 4.79 Å². The number of hydrogen-bond acceptors (Lipinski definition) is 2. The molecule has 0 aromatic heterocycles. The molecular weight excluding hydrogens is 188 g/mol. The summed E-state index contributed by atoms with van der Waals surface area (Å²) in [6, 6.07) is 0. The maximum absolute atomic E-state index is 12.1. The largest absolute Gasteiger partial charge is 0.342 e. The smallest absolute Gasteiger partial charge is 0.225 e. The van der Waals surface area contributed by atoms with Gasteiger partial charge in [0.15, 0.2) is 0 Å². The number of carbonyl (C=O) groups excluding carboxylic acids is 1. The molecule has 1 amide bonds. The van der Waals surface area contributed by atoms with E-state index in [1.165, 1.54) is 12.8 Å². The van der Waals surface area contributed by atoms with E-state index in [1.807, 2.05) is 11.8 Å². The Morgan fingerprint density at radius 2 is 2.20 bits per heavy atom. The van der Waals surface area contributed by atoms with E-state index < -0.39 is 0 Å². The lowest BCUT2D eigenvalue weighted by Gasteiger charge is -2.25. The van der Waals surface area contributed by atoms with Crippen LogP contribution in [0.15, 0.2) is 0 Å². The van der Waals surface area contributed by atoms with Gasteiger partial charge in [0.1, 0.15) is 0 Å². The molecule has 1 fully saturated rings. The molecule has 2 N–H and O–H groups in total. The molecule has 0 heterocycles. The summed E-state index contributed by atoms with van der Waals surface area (Å²) in [5.74, 6) is 1.18. The van der Waals surface area contributed by atoms with Crippen LogP contribution in [0.1, 0.15) is 39.5 Å². The topological polar surface area (TPSA) is 46.3 Å². The maximum Gasteiger partial charge on any atom is 0.225 e. The first-order valence-electron chi connectivity index (χ1n) is 6.17. The zero-order valence-corrected chi connectivity index (χ0v) is 10.0. The molecule has 88 valence electrons. The highest BCUT2D eigenvalue weighted by molar-refractivity contribution is 5.78. The van der Waals surface area contributed by atoms with Gasteiger partial charge in [-0.25, -0.2) is 0 Å². The zero-order valence-electron chi connectivity index (χ0n) is 10.0. The molecule has 1 rings (SSSR count). The Balaban J connectivity index is 2.40. The third-order valence-corrected chi connectivity index (χ3v) is 3.00. The number of rotatable bonds is 7. The Morgan fingerprint density at radius 3 is 2.67 bits per heavy atom. The van der Waals surface area contributed by atoms with Gasteiger partial charge in [0, 0.05) is 19.0 Å². The average molecular weight is 212 g/mol. The van der Waals surface area contributed by atoms with Gasteiger partial charge in [0.05, 0.1) is 0 Å². The molecule has 1 unspecified atom stereocenters. The summed E-state index contributed by atoms with van der Waals surface area (Å²) in [6.07, 6.45) is 4.47. The average Bonchev–Trinajstić information content (AvgIpc) is 3.00. The molecule has 0 aromatic rings. The van der Waals surface area contributed by atoms with E-state index in [1.54, 1.807) is 0 Å². The molecule has 1 aliphatic rings. The number of nitrogens with two attached hydrogens (primary N) is 1. The summed E-state index contributed by atoms with van der Waals surface area (Å²) in [5, 5.41) is 0. The van der Waals surface area contributed by atoms with Crippen molar-refractivity contribution in [2.75, 3.05) is 19.6 Å². The van der Waals surface area contributed by atoms with E-state index in [0.717, 1.165) is 31.8 Å². The van der Waals surface area contributed by atoms with E-state index in [4.69, 9.17) is 5.73 Å². The standard InChI is InChI=1S/C12H24N2O/c1-3-8-14(9-11-4-5-11)12(15)10(2)6-7-13/h10-11H,3-9,13H2,1-2H3. The van der Waals surface area contributed by atoms with Crippen molar-refractivity contribution in [1.29, 1.82) is 0 Å². The predicted molar refractivity (Wildman–Crippen MR) is 62.4 cm³/mol. The lowest BCUT2D eigenvalue weighted by molar-refractivity contribution is -0.135. The van der Waals surface area contributed by atoms with E-state index in [-0.39, 0.29) is 5.92 Å². The normalized spacial score (nSPS) is 17.5. The van der Waals surface area contributed by atoms with Gasteiger partial charge < -0.3 is 10.6 Å². The molecule has 0 bridgehead atoms. The second-order valence-electron chi connectivity index (χ2n) is 4.71. The number of carbonyl (C=O) groups is 1. The molecule has 1 aliphatic carbocycles. The first-order chi connectivity index (χ1) is 7.19. The minimum Gasteiger partial charge on any atom is -0.342 e. The van der Waals surface area contributed by atoms with Crippen LogP contribution in [0.4, 0.5) is 0 Å². The number of nitrogens with zero attached hydrogens (tertiary/aromatic N) is 1. The van der Waals surface area contributed by atoms with Crippen molar-refractivity contribution in [3.8, 4) is 0 Å². The monoisotopic (exact) mass is 212 g/mol. The van der Waals surface area contributed by atoms with Gasteiger partial charge in [-0.05, 0) is 38.1 Å². The highest BCUT2D eigenvalue weighted by Crippen LogP contribution is 2.30. The Labute approximate surface area is 93.0 Å². The lowest BCUT2D eigenvalue weighted by Crippen LogP contribution is -2.37. The Bertz CT molecular complexity index is 202. The van der Waals surface area contributed by atoms with E-state index in [2.05, 4.69) is 6.92 Å². The highest BCUT2D eigenvalue weighted by Gasteiger charge is 2.27. The van der Waals surface area contributed by atoms with Gasteiger partial charge in [0.2, 0.25) is 5.91 Å². The van der Waals surface area contributed by atoms with Crippen LogP contribution in [-0.2, 0) is 4.79 Å². The van der Waals surface area contributed by atoms with Crippen LogP contribution in [0.25, 0.3) is 0 Å². The van der Waals surface area contributed by atoms with Crippen LogP contribution in [-0.4, -0.2) is 30.4 Å². The third-order valence-electron chi connectivity index (χ3n) is 3.00. The summed E-state index contributed by atoms with van der Waals surface area (Å²) < 4.78 is 0. The van der Waals surface area contributed by atoms with Crippen molar-refractivity contribution in [3.63, 3.8) is 0 Å². The van der Waals surface area contributed by atoms with Crippen LogP contribution in [0.5, 0.6) is 0 Å². The van der Waals surface area contributed by atoms with Crippen molar-refractivity contribution in [3.05, 3.63) is 0 Å². The van der Waals surface area contributed by atoms with E-state index in [0.29, 0.717) is 12.5 Å². The molecule has 3 heteroatoms. The summed E-state index contributed by atoms with van der Waals surface area (Å²) in [7, 11) is 0. The Hall–Kier alpha value is -0.570. The zero-order chi connectivity index (χ0) is 11.3. The summed E-state index contributed by atoms with van der Waals surface area (Å²) in [5.41, 5.74) is 5.48. The molecule has 1 atom stereocenters. The second-order valence-corrected chi connectivity index (χ2v) is 4.71. The van der Waals surface area contributed by atoms with Crippen molar-refractivity contribution >= 4 is 5.91 Å². The first-order valence-corrected chi connectivity index (χ1v) is 6.17. The molecule has 1 saturated carbocycles. The highest BCUT2D eigenvalue weighted by atomic mass is 16.2. The van der Waals surface area contributed by atoms with Crippen molar-refractivity contribution < 1.29 is 4.79 Å². The van der Waals surface area contributed by atoms with E-state index in [9.17, 15) is 4.79 Å². The van der Waals surface area contributed by atoms with Crippen LogP contribution >= 0.6 is 0 Å². The molecule has 3 nitrogen and oxygen atoms in total. The molecule has 0 aromatic carbocycles. The predicted octanol–water partition coefficient (Wildman–Crippen LogP) is 1.62. The van der Waals surface area contributed by atoms with Crippen LogP contribution in [0, 0.1) is 11.8 Å². The fraction of sp³-hybridized carbons (Fsp3) is 0.917. The fourth-order valence-electron chi connectivity index (χ4n) is 1.86. The van der Waals surface area contributed by atoms with Crippen molar-refractivity contribution in [1.82, 2.24) is 4.90 Å². The molecule has 0 spiro atoms. The van der Waals surface area contributed by atoms with Gasteiger partial charge in [-0.1, -0.05) is 13.8 Å². The molecular formula is C12H24N2O. The van der Waals surface area contributed by atoms with Crippen molar-refractivity contribution in [2.45, 2.75) is 39.5 Å². The van der Waals surface area contributed by atoms with Crippen LogP contribution in [0.2, 0.25) is 0 Å². The first kappa shape index (κ1) is 12.5. The van der Waals surface area contributed by atoms with Gasteiger partial charge in [-0.2, -0.15) is 0 Å². The van der Waals surface area contributed by atoms with Crippen LogP contribution in [0.3, 0.4) is 0 Å². The van der Waals surface area contributed by atoms with E-state index >= 15 is 0 Å². The summed E-state index contributed by atoms with van der Waals surface area (Å²) in [6.45, 7) is 6.60. The van der Waals surface area contributed by atoms with Gasteiger partial charge in [0.25, 0.3) is 0 Å². The SMILES string of the molecule is CCCN(CC1CC1)C(=O)C(C)CCN. The van der Waals surface area contributed by atoms with Gasteiger partial charge in [-0.15, -0.1) is 0 Å². The Morgan fingerprint density at radius 1 is 1.53 bits per heavy atom. The quantitative estimate of drug-likeness (QED) is 0.697. The second kappa shape index (κ2) is 6.11. The third kappa shape index (κ3) is 4.20. The summed E-state index contributed by atoms with van der Waals surface area (Å²) in [4.78, 5) is 14.1. The van der Waals surface area contributed by atoms with Gasteiger partial charge >= 0.3 is 0 Å². The molecule has 15 heavy (non-hydrogen) atoms. The molecule has 0 saturated heterocycles. The number of amides is 1. The van der Waals surface area contributed by atoms with Crippen LogP contribution < -0.4 is 5.73 Å². The fourth-order valence-corrected chi connectivity index (χ4v) is 1.86. The van der Waals surface area contributed by atoms with Crippen molar-refractivity contribution in [2.24, 2.45) is 17.6 Å².